The van der Waals surface area contributed by atoms with Gasteiger partial charge in [0.05, 0.1) is 18.2 Å². The second-order valence-corrected chi connectivity index (χ2v) is 6.48. The molecule has 0 saturated carbocycles. The van der Waals surface area contributed by atoms with E-state index < -0.39 is 6.10 Å². The van der Waals surface area contributed by atoms with Gasteiger partial charge in [0.25, 0.3) is 0 Å². The molecule has 0 aliphatic carbocycles. The number of halogens is 1. The number of ether oxygens (including phenoxy) is 2. The van der Waals surface area contributed by atoms with Gasteiger partial charge >= 0.3 is 0 Å². The molecule has 2 aromatic rings. The highest BCUT2D eigenvalue weighted by molar-refractivity contribution is 6.32. The van der Waals surface area contributed by atoms with E-state index in [4.69, 9.17) is 26.8 Å². The minimum absolute atomic E-state index is 0.138. The summed E-state index contributed by atoms with van der Waals surface area (Å²) in [6, 6.07) is 12.8. The fraction of sp³-hybridized carbons (Fsp3) is 0.368. The lowest BCUT2D eigenvalue weighted by Crippen LogP contribution is -2.33. The maximum absolute atomic E-state index is 10.4. The first-order valence-electron chi connectivity index (χ1n) is 7.91. The van der Waals surface area contributed by atoms with Crippen molar-refractivity contribution >= 4 is 11.6 Å². The van der Waals surface area contributed by atoms with Gasteiger partial charge in [-0.15, -0.1) is 0 Å². The van der Waals surface area contributed by atoms with E-state index in [0.29, 0.717) is 28.7 Å². The quantitative estimate of drug-likeness (QED) is 0.794. The van der Waals surface area contributed by atoms with E-state index in [2.05, 4.69) is 0 Å². The van der Waals surface area contributed by atoms with Gasteiger partial charge < -0.3 is 20.3 Å². The summed E-state index contributed by atoms with van der Waals surface area (Å²) in [5, 5.41) is 10.8. The summed E-state index contributed by atoms with van der Waals surface area (Å²) < 4.78 is 11.2. The zero-order valence-electron chi connectivity index (χ0n) is 14.2. The predicted molar refractivity (Wildman–Crippen MR) is 96.6 cm³/mol. The molecule has 0 saturated heterocycles. The average Bonchev–Trinajstić information content (AvgIpc) is 2.59. The summed E-state index contributed by atoms with van der Waals surface area (Å²) in [5.74, 6) is 1.07. The lowest BCUT2D eigenvalue weighted by Gasteiger charge is -2.24. The van der Waals surface area contributed by atoms with Gasteiger partial charge in [-0.1, -0.05) is 55.8 Å². The molecule has 2 unspecified atom stereocenters. The lowest BCUT2D eigenvalue weighted by molar-refractivity contribution is 0.125. The molecule has 0 aromatic heterocycles. The highest BCUT2D eigenvalue weighted by Crippen LogP contribution is 2.39. The Morgan fingerprint density at radius 2 is 1.83 bits per heavy atom. The van der Waals surface area contributed by atoms with Crippen molar-refractivity contribution in [3.8, 4) is 11.5 Å². The molecule has 3 N–H and O–H groups in total. The number of methoxy groups -OCH3 is 1. The highest BCUT2D eigenvalue weighted by atomic mass is 35.5. The molecular weight excluding hydrogens is 326 g/mol. The molecule has 0 bridgehead atoms. The molecule has 5 heteroatoms. The maximum atomic E-state index is 10.4. The molecule has 2 rings (SSSR count). The maximum Gasteiger partial charge on any atom is 0.180 e. The van der Waals surface area contributed by atoms with Crippen molar-refractivity contribution < 1.29 is 14.6 Å². The van der Waals surface area contributed by atoms with Crippen molar-refractivity contribution in [1.82, 2.24) is 0 Å². The Balaban J connectivity index is 2.24. The molecular formula is C19H24ClNO3. The monoisotopic (exact) mass is 349 g/mol. The first kappa shape index (κ1) is 18.6. The number of hydrogen-bond donors (Lipinski definition) is 2. The van der Waals surface area contributed by atoms with Crippen molar-refractivity contribution in [3.63, 3.8) is 0 Å². The summed E-state index contributed by atoms with van der Waals surface area (Å²) in [5.41, 5.74) is 7.69. The van der Waals surface area contributed by atoms with Crippen LogP contribution in [0.3, 0.4) is 0 Å². The normalized spacial score (nSPS) is 13.6. The minimum atomic E-state index is -0.820. The molecule has 0 fully saturated rings. The summed E-state index contributed by atoms with van der Waals surface area (Å²) in [7, 11) is 1.54. The second-order valence-electron chi connectivity index (χ2n) is 6.07. The van der Waals surface area contributed by atoms with Gasteiger partial charge in [0.15, 0.2) is 11.5 Å². The fourth-order valence-corrected chi connectivity index (χ4v) is 2.64. The van der Waals surface area contributed by atoms with Crippen LogP contribution in [0.4, 0.5) is 0 Å². The van der Waals surface area contributed by atoms with Crippen LogP contribution in [0.25, 0.3) is 0 Å². The number of nitrogens with two attached hydrogens (primary N) is 1. The van der Waals surface area contributed by atoms with E-state index in [1.807, 2.05) is 44.2 Å². The van der Waals surface area contributed by atoms with Crippen LogP contribution < -0.4 is 15.2 Å². The molecule has 130 valence electrons. The van der Waals surface area contributed by atoms with Crippen LogP contribution in [0.5, 0.6) is 11.5 Å². The molecule has 0 radical (unpaired) electrons. The molecule has 0 amide bonds. The Morgan fingerprint density at radius 3 is 2.42 bits per heavy atom. The van der Waals surface area contributed by atoms with E-state index in [1.165, 1.54) is 0 Å². The summed E-state index contributed by atoms with van der Waals surface area (Å²) in [6.45, 7) is 4.30. The van der Waals surface area contributed by atoms with Gasteiger partial charge in [-0.25, -0.2) is 0 Å². The van der Waals surface area contributed by atoms with Gasteiger partial charge in [-0.2, -0.15) is 0 Å². The average molecular weight is 350 g/mol. The van der Waals surface area contributed by atoms with Gasteiger partial charge in [0.1, 0.15) is 6.61 Å². The van der Waals surface area contributed by atoms with E-state index in [-0.39, 0.29) is 12.0 Å². The number of hydrogen-bond acceptors (Lipinski definition) is 4. The standard InChI is InChI=1S/C19H24ClNO3/c1-12(2)17(21)18(22)14-9-15(20)19(16(10-14)23-3)24-11-13-7-5-4-6-8-13/h4-10,12,17-18,22H,11,21H2,1-3H3. The minimum Gasteiger partial charge on any atom is -0.493 e. The Labute approximate surface area is 148 Å². The first-order valence-corrected chi connectivity index (χ1v) is 8.29. The van der Waals surface area contributed by atoms with Crippen LogP contribution in [0, 0.1) is 5.92 Å². The third kappa shape index (κ3) is 4.41. The molecule has 0 aliphatic rings. The second kappa shape index (κ2) is 8.38. The number of benzene rings is 2. The van der Waals surface area contributed by atoms with Crippen LogP contribution in [0.15, 0.2) is 42.5 Å². The van der Waals surface area contributed by atoms with Crippen molar-refractivity contribution in [2.24, 2.45) is 11.7 Å². The zero-order chi connectivity index (χ0) is 17.7. The molecule has 2 aromatic carbocycles. The highest BCUT2D eigenvalue weighted by Gasteiger charge is 2.23. The topological polar surface area (TPSA) is 64.7 Å². The number of rotatable bonds is 7. The van der Waals surface area contributed by atoms with Crippen molar-refractivity contribution in [3.05, 3.63) is 58.6 Å². The predicted octanol–water partition coefficient (Wildman–Crippen LogP) is 3.94. The van der Waals surface area contributed by atoms with Gasteiger partial charge in [-0.3, -0.25) is 0 Å². The summed E-state index contributed by atoms with van der Waals surface area (Å²) >= 11 is 6.35. The van der Waals surface area contributed by atoms with Gasteiger partial charge in [0, 0.05) is 6.04 Å². The van der Waals surface area contributed by atoms with Crippen molar-refractivity contribution in [2.75, 3.05) is 7.11 Å². The first-order chi connectivity index (χ1) is 11.4. The zero-order valence-corrected chi connectivity index (χ0v) is 15.0. The molecule has 2 atom stereocenters. The SMILES string of the molecule is COc1cc(C(O)C(N)C(C)C)cc(Cl)c1OCc1ccccc1. The Hall–Kier alpha value is -1.75. The lowest BCUT2D eigenvalue weighted by atomic mass is 9.94. The Bertz CT molecular complexity index is 661. The molecule has 0 aliphatic heterocycles. The molecule has 24 heavy (non-hydrogen) atoms. The smallest absolute Gasteiger partial charge is 0.180 e. The van der Waals surface area contributed by atoms with E-state index in [9.17, 15) is 5.11 Å². The largest absolute Gasteiger partial charge is 0.493 e. The van der Waals surface area contributed by atoms with E-state index in [0.717, 1.165) is 5.56 Å². The summed E-state index contributed by atoms with van der Waals surface area (Å²) in [6.07, 6.45) is -0.820. The van der Waals surface area contributed by atoms with Crippen LogP contribution in [-0.4, -0.2) is 18.3 Å². The van der Waals surface area contributed by atoms with E-state index in [1.54, 1.807) is 19.2 Å². The third-order valence-electron chi connectivity index (χ3n) is 3.95. The molecule has 0 heterocycles. The van der Waals surface area contributed by atoms with Crippen molar-refractivity contribution in [2.45, 2.75) is 32.6 Å². The van der Waals surface area contributed by atoms with Crippen molar-refractivity contribution in [1.29, 1.82) is 0 Å². The molecule has 0 spiro atoms. The van der Waals surface area contributed by atoms with Gasteiger partial charge in [-0.05, 0) is 29.2 Å². The fourth-order valence-electron chi connectivity index (χ4n) is 2.37. The van der Waals surface area contributed by atoms with Crippen LogP contribution in [-0.2, 0) is 6.61 Å². The van der Waals surface area contributed by atoms with Gasteiger partial charge in [0.2, 0.25) is 0 Å². The summed E-state index contributed by atoms with van der Waals surface area (Å²) in [4.78, 5) is 0. The van der Waals surface area contributed by atoms with Crippen LogP contribution >= 0.6 is 11.6 Å². The van der Waals surface area contributed by atoms with Crippen LogP contribution in [0.1, 0.15) is 31.1 Å². The molecule has 4 nitrogen and oxygen atoms in total. The number of aliphatic hydroxyl groups excluding tert-OH is 1. The Morgan fingerprint density at radius 1 is 1.17 bits per heavy atom. The number of aliphatic hydroxyl groups is 1. The van der Waals surface area contributed by atoms with Crippen LogP contribution in [0.2, 0.25) is 5.02 Å². The van der Waals surface area contributed by atoms with E-state index >= 15 is 0 Å². The Kier molecular flexibility index (Phi) is 6.49. The third-order valence-corrected chi connectivity index (χ3v) is 4.23.